The third-order valence-corrected chi connectivity index (χ3v) is 10.6. The van der Waals surface area contributed by atoms with Crippen molar-refractivity contribution < 1.29 is 27.4 Å². The van der Waals surface area contributed by atoms with Gasteiger partial charge in [0.2, 0.25) is 5.88 Å². The summed E-state index contributed by atoms with van der Waals surface area (Å²) < 4.78 is 56.2. The van der Waals surface area contributed by atoms with Crippen molar-refractivity contribution >= 4 is 27.8 Å². The predicted molar refractivity (Wildman–Crippen MR) is 165 cm³/mol. The molecule has 1 saturated heterocycles. The van der Waals surface area contributed by atoms with Gasteiger partial charge in [0.25, 0.3) is 5.91 Å². The van der Waals surface area contributed by atoms with E-state index in [1.54, 1.807) is 24.4 Å². The molecule has 1 N–H and O–H groups in total. The maximum absolute atomic E-state index is 13.8. The summed E-state index contributed by atoms with van der Waals surface area (Å²) in [6.45, 7) is 7.59. The second kappa shape index (κ2) is 11.8. The van der Waals surface area contributed by atoms with Gasteiger partial charge in [0, 0.05) is 29.2 Å². The highest BCUT2D eigenvalue weighted by Gasteiger charge is 2.62. The van der Waals surface area contributed by atoms with Crippen LogP contribution in [0.25, 0.3) is 5.82 Å². The maximum atomic E-state index is 13.8. The number of aromatic nitrogens is 3. The second-order valence-corrected chi connectivity index (χ2v) is 14.3. The summed E-state index contributed by atoms with van der Waals surface area (Å²) >= 11 is 0. The van der Waals surface area contributed by atoms with Gasteiger partial charge in [0.1, 0.15) is 11.6 Å². The van der Waals surface area contributed by atoms with Gasteiger partial charge < -0.3 is 14.4 Å². The van der Waals surface area contributed by atoms with Gasteiger partial charge in [-0.3, -0.25) is 9.52 Å². The Kier molecular flexibility index (Phi) is 8.15. The van der Waals surface area contributed by atoms with Gasteiger partial charge in [0.05, 0.1) is 24.2 Å². The van der Waals surface area contributed by atoms with Crippen molar-refractivity contribution in [1.29, 1.82) is 0 Å². The summed E-state index contributed by atoms with van der Waals surface area (Å²) in [6.07, 6.45) is 0.512. The molecule has 8 nitrogen and oxygen atoms in total. The Morgan fingerprint density at radius 1 is 1.16 bits per heavy atom. The van der Waals surface area contributed by atoms with E-state index < -0.39 is 22.3 Å². The lowest BCUT2D eigenvalue weighted by atomic mass is 9.93. The average molecular weight is 630 g/mol. The number of alkyl halides is 3. The van der Waals surface area contributed by atoms with Crippen LogP contribution in [0.15, 0.2) is 53.6 Å². The van der Waals surface area contributed by atoms with Crippen molar-refractivity contribution in [1.82, 2.24) is 19.5 Å². The van der Waals surface area contributed by atoms with Crippen molar-refractivity contribution in [3.8, 4) is 17.4 Å². The summed E-state index contributed by atoms with van der Waals surface area (Å²) in [5.41, 5.74) is -1.40. The van der Waals surface area contributed by atoms with Gasteiger partial charge >= 0.3 is 6.18 Å². The van der Waals surface area contributed by atoms with E-state index in [0.717, 1.165) is 36.5 Å². The van der Waals surface area contributed by atoms with Crippen molar-refractivity contribution in [2.45, 2.75) is 75.9 Å². The third-order valence-electron chi connectivity index (χ3n) is 8.95. The van der Waals surface area contributed by atoms with Crippen LogP contribution in [-0.4, -0.2) is 57.5 Å². The fourth-order valence-corrected chi connectivity index (χ4v) is 7.49. The Morgan fingerprint density at radius 3 is 2.64 bits per heavy atom. The molecule has 1 aliphatic carbocycles. The van der Waals surface area contributed by atoms with Crippen LogP contribution in [-0.2, 0) is 0 Å². The van der Waals surface area contributed by atoms with Crippen LogP contribution in [0.1, 0.15) is 69.7 Å². The van der Waals surface area contributed by atoms with Crippen LogP contribution >= 0.6 is 10.7 Å². The third kappa shape index (κ3) is 6.18. The van der Waals surface area contributed by atoms with Gasteiger partial charge in [-0.2, -0.15) is 13.2 Å². The Hall–Kier alpha value is -3.54. The molecule has 3 aromatic rings. The molecular formula is C32H38F3N5O3S. The molecule has 44 heavy (non-hydrogen) atoms. The first-order valence-corrected chi connectivity index (χ1v) is 16.4. The van der Waals surface area contributed by atoms with Crippen LogP contribution in [0.4, 0.5) is 19.0 Å². The highest BCUT2D eigenvalue weighted by molar-refractivity contribution is 8.13. The molecule has 2 unspecified atom stereocenters. The van der Waals surface area contributed by atoms with Crippen LogP contribution in [0.2, 0.25) is 0 Å². The topological polar surface area (TPSA) is 81.5 Å². The number of hydrogen-bond acceptors (Lipinski definition) is 6. The van der Waals surface area contributed by atoms with E-state index in [1.165, 1.54) is 4.68 Å². The van der Waals surface area contributed by atoms with E-state index in [2.05, 4.69) is 28.6 Å². The number of halogens is 3. The van der Waals surface area contributed by atoms with E-state index in [1.807, 2.05) is 36.6 Å². The molecule has 4 bridgehead atoms. The summed E-state index contributed by atoms with van der Waals surface area (Å²) in [6, 6.07) is 13.0. The Morgan fingerprint density at radius 2 is 1.93 bits per heavy atom. The fraction of sp³-hybridized carbons (Fsp3) is 0.500. The van der Waals surface area contributed by atoms with Crippen molar-refractivity contribution in [2.24, 2.45) is 11.3 Å². The van der Waals surface area contributed by atoms with Gasteiger partial charge in [0.15, 0.2) is 5.82 Å². The summed E-state index contributed by atoms with van der Waals surface area (Å²) in [7, 11) is -0.640. The zero-order chi connectivity index (χ0) is 31.1. The highest BCUT2D eigenvalue weighted by atomic mass is 32.2. The molecule has 3 aliphatic heterocycles. The Balaban J connectivity index is 1.29. The van der Waals surface area contributed by atoms with E-state index >= 15 is 0 Å². The highest BCUT2D eigenvalue weighted by Crippen LogP contribution is 2.59. The number of anilines is 1. The lowest BCUT2D eigenvalue weighted by Gasteiger charge is -2.34. The molecule has 0 spiro atoms. The summed E-state index contributed by atoms with van der Waals surface area (Å²) in [5, 5.41) is 6.41. The molecule has 0 radical (unpaired) electrons. The molecule has 1 amide bonds. The monoisotopic (exact) mass is 629 g/mol. The zero-order valence-electron chi connectivity index (χ0n) is 25.2. The minimum absolute atomic E-state index is 0.0676. The largest absolute Gasteiger partial charge is 0.494 e. The first kappa shape index (κ1) is 30.5. The molecule has 1 aromatic carbocycles. The SMILES string of the molecule is C/C=S1/NC(=O)c2ccc(-n3ccc(OCCC4(C(F)(F)F)CC4)n3)nc2N2CC(CCCOc3ccc1cc3)CC2(C)C. The predicted octanol–water partition coefficient (Wildman–Crippen LogP) is 6.95. The standard InChI is InChI=1S/C32H38F3N5O3S/c1-4-44-24-9-7-23(8-10-24)42-18-5-6-22-20-30(2,3)39(21-22)28-25(29(41)38-44)11-12-26(36-28)40-17-13-27(37-40)43-19-16-31(14-15-31)32(33,34)35/h4,7-13,17,22H,5-6,14-16,18-21H2,1-3H3,(H,38,41). The number of nitrogens with zero attached hydrogens (tertiary/aromatic N) is 4. The van der Waals surface area contributed by atoms with E-state index in [0.29, 0.717) is 29.7 Å². The summed E-state index contributed by atoms with van der Waals surface area (Å²) in [5.74, 6) is 2.29. The number of ether oxygens (including phenoxy) is 2. The number of rotatable bonds is 5. The quantitative estimate of drug-likeness (QED) is 0.308. The van der Waals surface area contributed by atoms with Gasteiger partial charge in [-0.15, -0.1) is 5.10 Å². The number of hydrogen-bond donors (Lipinski definition) is 1. The second-order valence-electron chi connectivity index (χ2n) is 12.5. The summed E-state index contributed by atoms with van der Waals surface area (Å²) in [4.78, 5) is 22.0. The molecule has 12 heteroatoms. The average Bonchev–Trinajstić information content (AvgIpc) is 3.54. The van der Waals surface area contributed by atoms with Gasteiger partial charge in [-0.25, -0.2) is 9.67 Å². The minimum Gasteiger partial charge on any atom is -0.494 e. The number of carbonyl (C=O) groups is 1. The molecule has 5 heterocycles. The zero-order valence-corrected chi connectivity index (χ0v) is 26.0. The number of nitrogens with one attached hydrogen (secondary N) is 1. The maximum Gasteiger partial charge on any atom is 0.394 e. The molecule has 1 saturated carbocycles. The van der Waals surface area contributed by atoms with Crippen molar-refractivity contribution in [3.63, 3.8) is 0 Å². The van der Waals surface area contributed by atoms with Crippen LogP contribution in [0, 0.1) is 11.3 Å². The molecule has 2 atom stereocenters. The smallest absolute Gasteiger partial charge is 0.394 e. The lowest BCUT2D eigenvalue weighted by molar-refractivity contribution is -0.190. The van der Waals surface area contributed by atoms with E-state index in [-0.39, 0.29) is 43.2 Å². The van der Waals surface area contributed by atoms with Crippen LogP contribution in [0.5, 0.6) is 11.6 Å². The normalized spacial score (nSPS) is 22.8. The molecule has 7 rings (SSSR count). The minimum atomic E-state index is -4.21. The molecule has 2 fully saturated rings. The van der Waals surface area contributed by atoms with Crippen molar-refractivity contribution in [3.05, 3.63) is 54.2 Å². The molecule has 236 valence electrons. The lowest BCUT2D eigenvalue weighted by Crippen LogP contribution is -2.40. The molecule has 4 aliphatic rings. The van der Waals surface area contributed by atoms with Crippen LogP contribution in [0.3, 0.4) is 0 Å². The number of pyridine rings is 1. The van der Waals surface area contributed by atoms with Gasteiger partial charge in [-0.1, -0.05) is 10.7 Å². The van der Waals surface area contributed by atoms with Crippen LogP contribution < -0.4 is 19.1 Å². The van der Waals surface area contributed by atoms with E-state index in [4.69, 9.17) is 14.5 Å². The molecular weight excluding hydrogens is 591 g/mol. The molecule has 2 aromatic heterocycles. The van der Waals surface area contributed by atoms with Gasteiger partial charge in [-0.05, 0) is 107 Å². The fourth-order valence-electron chi connectivity index (χ4n) is 6.24. The van der Waals surface area contributed by atoms with E-state index in [9.17, 15) is 18.0 Å². The first-order chi connectivity index (χ1) is 21.0. The number of fused-ring (bicyclic) bond motifs is 7. The number of amides is 1. The van der Waals surface area contributed by atoms with Crippen molar-refractivity contribution in [2.75, 3.05) is 24.7 Å². The number of carbonyl (C=O) groups excluding carboxylic acids is 1. The first-order valence-electron chi connectivity index (χ1n) is 15.1. The number of benzene rings is 1. The Bertz CT molecular complexity index is 1550. The Labute approximate surface area is 258 Å².